The standard InChI is InChI=1S/C9H20N4O3/c1-16-7-6-12-9(14)3-5-11-4-2-8(10)13-15/h11,15H,2-7H2,1H3,(H2,10,13)(H,12,14). The van der Waals surface area contributed by atoms with Crippen LogP contribution in [0.1, 0.15) is 12.8 Å². The number of amides is 1. The minimum Gasteiger partial charge on any atom is -0.409 e. The summed E-state index contributed by atoms with van der Waals surface area (Å²) >= 11 is 0. The van der Waals surface area contributed by atoms with Crippen molar-refractivity contribution in [3.8, 4) is 0 Å². The van der Waals surface area contributed by atoms with Crippen LogP contribution in [0.3, 0.4) is 0 Å². The number of carbonyl (C=O) groups excluding carboxylic acids is 1. The fourth-order valence-electron chi connectivity index (χ4n) is 0.974. The quantitative estimate of drug-likeness (QED) is 0.132. The minimum atomic E-state index is -0.0200. The van der Waals surface area contributed by atoms with Gasteiger partial charge in [0.05, 0.1) is 6.61 Å². The molecular weight excluding hydrogens is 212 g/mol. The van der Waals surface area contributed by atoms with Gasteiger partial charge in [-0.2, -0.15) is 0 Å². The van der Waals surface area contributed by atoms with Crippen molar-refractivity contribution < 1.29 is 14.7 Å². The van der Waals surface area contributed by atoms with Crippen LogP contribution in [0.2, 0.25) is 0 Å². The number of nitrogens with one attached hydrogen (secondary N) is 2. The lowest BCUT2D eigenvalue weighted by Crippen LogP contribution is -2.31. The van der Waals surface area contributed by atoms with Crippen molar-refractivity contribution in [3.05, 3.63) is 0 Å². The number of amidine groups is 1. The van der Waals surface area contributed by atoms with Crippen molar-refractivity contribution in [1.82, 2.24) is 10.6 Å². The van der Waals surface area contributed by atoms with Crippen LogP contribution in [0.25, 0.3) is 0 Å². The summed E-state index contributed by atoms with van der Waals surface area (Å²) in [6, 6.07) is 0. The molecule has 0 aromatic rings. The lowest BCUT2D eigenvalue weighted by molar-refractivity contribution is -0.121. The normalized spacial score (nSPS) is 11.4. The Balaban J connectivity index is 3.28. The molecule has 0 aromatic carbocycles. The highest BCUT2D eigenvalue weighted by atomic mass is 16.5. The molecule has 0 saturated heterocycles. The van der Waals surface area contributed by atoms with Crippen molar-refractivity contribution in [3.63, 3.8) is 0 Å². The van der Waals surface area contributed by atoms with Gasteiger partial charge < -0.3 is 26.3 Å². The van der Waals surface area contributed by atoms with Gasteiger partial charge in [0.1, 0.15) is 5.84 Å². The largest absolute Gasteiger partial charge is 0.409 e. The van der Waals surface area contributed by atoms with Crippen LogP contribution >= 0.6 is 0 Å². The molecule has 0 aliphatic rings. The topological polar surface area (TPSA) is 109 Å². The van der Waals surface area contributed by atoms with Crippen LogP contribution in [-0.4, -0.2) is 50.3 Å². The smallest absolute Gasteiger partial charge is 0.221 e. The van der Waals surface area contributed by atoms with Gasteiger partial charge in [-0.25, -0.2) is 0 Å². The fraction of sp³-hybridized carbons (Fsp3) is 0.778. The number of nitrogens with zero attached hydrogens (tertiary/aromatic N) is 1. The molecule has 7 nitrogen and oxygen atoms in total. The molecule has 0 unspecified atom stereocenters. The van der Waals surface area contributed by atoms with E-state index in [1.54, 1.807) is 7.11 Å². The second-order valence-corrected chi connectivity index (χ2v) is 3.18. The second-order valence-electron chi connectivity index (χ2n) is 3.18. The molecular formula is C9H20N4O3. The Morgan fingerprint density at radius 3 is 2.69 bits per heavy atom. The van der Waals surface area contributed by atoms with Crippen molar-refractivity contribution in [1.29, 1.82) is 0 Å². The van der Waals surface area contributed by atoms with Crippen LogP contribution < -0.4 is 16.4 Å². The van der Waals surface area contributed by atoms with Crippen molar-refractivity contribution in [2.24, 2.45) is 10.9 Å². The zero-order valence-corrected chi connectivity index (χ0v) is 9.53. The highest BCUT2D eigenvalue weighted by Gasteiger charge is 1.99. The molecule has 0 aliphatic heterocycles. The number of carbonyl (C=O) groups is 1. The van der Waals surface area contributed by atoms with Crippen LogP contribution in [0.4, 0.5) is 0 Å². The number of ether oxygens (including phenoxy) is 1. The Morgan fingerprint density at radius 1 is 1.38 bits per heavy atom. The first-order chi connectivity index (χ1) is 7.70. The van der Waals surface area contributed by atoms with E-state index in [1.807, 2.05) is 0 Å². The predicted octanol–water partition coefficient (Wildman–Crippen LogP) is -1.13. The van der Waals surface area contributed by atoms with Gasteiger partial charge in [-0.3, -0.25) is 4.79 Å². The minimum absolute atomic E-state index is 0.0200. The zero-order valence-electron chi connectivity index (χ0n) is 9.53. The van der Waals surface area contributed by atoms with E-state index in [1.165, 1.54) is 0 Å². The molecule has 0 aliphatic carbocycles. The SMILES string of the molecule is COCCNC(=O)CCNCCC(N)=NO. The third-order valence-electron chi connectivity index (χ3n) is 1.84. The maximum Gasteiger partial charge on any atom is 0.221 e. The Bertz CT molecular complexity index is 221. The number of methoxy groups -OCH3 is 1. The molecule has 0 atom stereocenters. The Hall–Kier alpha value is -1.34. The van der Waals surface area contributed by atoms with E-state index in [2.05, 4.69) is 15.8 Å². The molecule has 0 bridgehead atoms. The van der Waals surface area contributed by atoms with Crippen molar-refractivity contribution >= 4 is 11.7 Å². The molecule has 0 saturated carbocycles. The summed E-state index contributed by atoms with van der Waals surface area (Å²) in [7, 11) is 1.58. The Kier molecular flexibility index (Phi) is 9.33. The van der Waals surface area contributed by atoms with Gasteiger partial charge in [-0.1, -0.05) is 5.16 Å². The number of nitrogens with two attached hydrogens (primary N) is 1. The van der Waals surface area contributed by atoms with Gasteiger partial charge in [-0.15, -0.1) is 0 Å². The van der Waals surface area contributed by atoms with Gasteiger partial charge in [0.2, 0.25) is 5.91 Å². The lowest BCUT2D eigenvalue weighted by atomic mass is 10.3. The number of hydrogen-bond donors (Lipinski definition) is 4. The monoisotopic (exact) mass is 232 g/mol. The first-order valence-electron chi connectivity index (χ1n) is 5.13. The number of rotatable bonds is 9. The lowest BCUT2D eigenvalue weighted by Gasteiger charge is -2.05. The average molecular weight is 232 g/mol. The van der Waals surface area contributed by atoms with E-state index in [9.17, 15) is 4.79 Å². The third kappa shape index (κ3) is 9.22. The van der Waals surface area contributed by atoms with E-state index in [0.717, 1.165) is 0 Å². The van der Waals surface area contributed by atoms with Crippen molar-refractivity contribution in [2.45, 2.75) is 12.8 Å². The fourth-order valence-corrected chi connectivity index (χ4v) is 0.974. The van der Waals surface area contributed by atoms with Crippen LogP contribution in [0, 0.1) is 0 Å². The van der Waals surface area contributed by atoms with E-state index in [0.29, 0.717) is 39.1 Å². The summed E-state index contributed by atoms with van der Waals surface area (Å²) in [6.45, 7) is 2.20. The summed E-state index contributed by atoms with van der Waals surface area (Å²) in [6.07, 6.45) is 0.863. The maximum atomic E-state index is 11.2. The summed E-state index contributed by atoms with van der Waals surface area (Å²) in [5, 5.41) is 16.8. The highest BCUT2D eigenvalue weighted by Crippen LogP contribution is 1.80. The van der Waals surface area contributed by atoms with Gasteiger partial charge in [-0.05, 0) is 0 Å². The molecule has 5 N–H and O–H groups in total. The molecule has 0 fully saturated rings. The number of oxime groups is 1. The molecule has 0 heterocycles. The third-order valence-corrected chi connectivity index (χ3v) is 1.84. The molecule has 1 amide bonds. The van der Waals surface area contributed by atoms with Crippen LogP contribution in [0.5, 0.6) is 0 Å². The first kappa shape index (κ1) is 14.7. The van der Waals surface area contributed by atoms with E-state index >= 15 is 0 Å². The summed E-state index contributed by atoms with van der Waals surface area (Å²) in [4.78, 5) is 11.2. The molecule has 0 radical (unpaired) electrons. The van der Waals surface area contributed by atoms with Crippen molar-refractivity contribution in [2.75, 3.05) is 33.4 Å². The molecule has 16 heavy (non-hydrogen) atoms. The zero-order chi connectivity index (χ0) is 12.2. The first-order valence-corrected chi connectivity index (χ1v) is 5.13. The molecule has 0 aromatic heterocycles. The molecule has 7 heteroatoms. The number of hydrogen-bond acceptors (Lipinski definition) is 5. The molecule has 94 valence electrons. The van der Waals surface area contributed by atoms with E-state index < -0.39 is 0 Å². The highest BCUT2D eigenvalue weighted by molar-refractivity contribution is 5.79. The van der Waals surface area contributed by atoms with Crippen LogP contribution in [0.15, 0.2) is 5.16 Å². The molecule has 0 rings (SSSR count). The van der Waals surface area contributed by atoms with Gasteiger partial charge in [0.15, 0.2) is 0 Å². The second kappa shape index (κ2) is 10.2. The summed E-state index contributed by atoms with van der Waals surface area (Å²) < 4.78 is 4.79. The van der Waals surface area contributed by atoms with E-state index in [4.69, 9.17) is 15.7 Å². The Labute approximate surface area is 95.0 Å². The molecule has 0 spiro atoms. The predicted molar refractivity (Wildman–Crippen MR) is 60.4 cm³/mol. The summed E-state index contributed by atoms with van der Waals surface area (Å²) in [5.74, 6) is 0.158. The van der Waals surface area contributed by atoms with Crippen LogP contribution in [-0.2, 0) is 9.53 Å². The Morgan fingerprint density at radius 2 is 2.06 bits per heavy atom. The van der Waals surface area contributed by atoms with E-state index in [-0.39, 0.29) is 11.7 Å². The maximum absolute atomic E-state index is 11.2. The van der Waals surface area contributed by atoms with Gasteiger partial charge >= 0.3 is 0 Å². The summed E-state index contributed by atoms with van der Waals surface area (Å²) in [5.41, 5.74) is 5.26. The average Bonchev–Trinajstić information content (AvgIpc) is 2.28. The van der Waals surface area contributed by atoms with Gasteiger partial charge in [0.25, 0.3) is 0 Å². The van der Waals surface area contributed by atoms with Gasteiger partial charge in [0, 0.05) is 39.6 Å².